The molecule has 0 saturated heterocycles. The van der Waals surface area contributed by atoms with E-state index in [4.69, 9.17) is 14.9 Å². The number of anilines is 3. The fourth-order valence-corrected chi connectivity index (χ4v) is 3.32. The lowest BCUT2D eigenvalue weighted by Gasteiger charge is -2.14. The molecule has 0 atom stereocenters. The zero-order valence-electron chi connectivity index (χ0n) is 17.6. The minimum Gasteiger partial charge on any atom is -0.492 e. The summed E-state index contributed by atoms with van der Waals surface area (Å²) >= 11 is 0. The first-order valence-electron chi connectivity index (χ1n) is 10.1. The van der Waals surface area contributed by atoms with Gasteiger partial charge in [-0.15, -0.1) is 0 Å². The molecule has 3 aromatic carbocycles. The molecule has 0 saturated carbocycles. The summed E-state index contributed by atoms with van der Waals surface area (Å²) in [6.45, 7) is 2.54. The first kappa shape index (κ1) is 21.0. The van der Waals surface area contributed by atoms with Crippen LogP contribution in [-0.2, 0) is 4.79 Å². The lowest BCUT2D eigenvalue weighted by atomic mass is 10.2. The number of hydrogen-bond acceptors (Lipinski definition) is 5. The van der Waals surface area contributed by atoms with E-state index in [0.717, 1.165) is 22.9 Å². The van der Waals surface area contributed by atoms with E-state index in [2.05, 4.69) is 5.32 Å². The number of nitrogens with two attached hydrogens (primary N) is 1. The number of carbonyl (C=O) groups is 2. The monoisotopic (exact) mass is 429 g/mol. The van der Waals surface area contributed by atoms with Gasteiger partial charge in [0.2, 0.25) is 12.3 Å². The van der Waals surface area contributed by atoms with Crippen LogP contribution in [0, 0.1) is 6.92 Å². The smallest absolute Gasteiger partial charge is 0.255 e. The molecule has 0 aliphatic carbocycles. The Morgan fingerprint density at radius 2 is 1.88 bits per heavy atom. The van der Waals surface area contributed by atoms with Crippen molar-refractivity contribution in [2.75, 3.05) is 29.1 Å². The van der Waals surface area contributed by atoms with Crippen molar-refractivity contribution < 1.29 is 18.7 Å². The molecule has 162 valence electrons. The van der Waals surface area contributed by atoms with E-state index in [-0.39, 0.29) is 12.5 Å². The highest BCUT2D eigenvalue weighted by molar-refractivity contribution is 6.05. The zero-order chi connectivity index (χ0) is 22.5. The largest absolute Gasteiger partial charge is 0.492 e. The number of ether oxygens (including phenoxy) is 1. The number of carbonyl (C=O) groups excluding carboxylic acids is 2. The molecule has 0 fully saturated rings. The van der Waals surface area contributed by atoms with Crippen molar-refractivity contribution in [1.82, 2.24) is 0 Å². The summed E-state index contributed by atoms with van der Waals surface area (Å²) < 4.78 is 11.6. The summed E-state index contributed by atoms with van der Waals surface area (Å²) in [5.74, 6) is 0.800. The van der Waals surface area contributed by atoms with Crippen LogP contribution >= 0.6 is 0 Å². The quantitative estimate of drug-likeness (QED) is 0.315. The van der Waals surface area contributed by atoms with Crippen LogP contribution in [0.1, 0.15) is 15.9 Å². The molecule has 7 heteroatoms. The van der Waals surface area contributed by atoms with Gasteiger partial charge in [0.15, 0.2) is 0 Å². The average molecular weight is 429 g/mol. The molecular formula is C25H23N3O4. The molecule has 0 bridgehead atoms. The Bertz CT molecular complexity index is 1250. The molecule has 0 spiro atoms. The highest BCUT2D eigenvalue weighted by Gasteiger charge is 2.13. The number of amides is 2. The summed E-state index contributed by atoms with van der Waals surface area (Å²) in [7, 11) is 0. The number of benzene rings is 3. The first-order valence-corrected chi connectivity index (χ1v) is 10.1. The van der Waals surface area contributed by atoms with Crippen LogP contribution < -0.4 is 20.7 Å². The molecule has 1 heterocycles. The lowest BCUT2D eigenvalue weighted by Crippen LogP contribution is -2.26. The predicted molar refractivity (Wildman–Crippen MR) is 125 cm³/mol. The van der Waals surface area contributed by atoms with Crippen molar-refractivity contribution in [2.24, 2.45) is 0 Å². The number of nitrogens with zero attached hydrogens (tertiary/aromatic N) is 1. The third-order valence-electron chi connectivity index (χ3n) is 5.06. The normalized spacial score (nSPS) is 10.7. The Kier molecular flexibility index (Phi) is 6.07. The number of nitrogens with one attached hydrogen (secondary N) is 1. The molecule has 32 heavy (non-hydrogen) atoms. The van der Waals surface area contributed by atoms with Crippen LogP contribution in [0.3, 0.4) is 0 Å². The molecular weight excluding hydrogens is 406 g/mol. The second kappa shape index (κ2) is 9.26. The topological polar surface area (TPSA) is 97.8 Å². The summed E-state index contributed by atoms with van der Waals surface area (Å²) in [5, 5.41) is 3.73. The van der Waals surface area contributed by atoms with E-state index in [1.807, 2.05) is 31.2 Å². The Morgan fingerprint density at radius 3 is 2.59 bits per heavy atom. The molecule has 0 unspecified atom stereocenters. The number of furan rings is 1. The molecule has 1 aromatic heterocycles. The van der Waals surface area contributed by atoms with Gasteiger partial charge in [-0.25, -0.2) is 0 Å². The van der Waals surface area contributed by atoms with Gasteiger partial charge in [-0.3, -0.25) is 14.5 Å². The van der Waals surface area contributed by atoms with Gasteiger partial charge in [0.05, 0.1) is 17.9 Å². The summed E-state index contributed by atoms with van der Waals surface area (Å²) in [4.78, 5) is 25.4. The molecule has 0 aliphatic rings. The fourth-order valence-electron chi connectivity index (χ4n) is 3.32. The average Bonchev–Trinajstić information content (AvgIpc) is 3.24. The molecule has 0 radical (unpaired) electrons. The first-order chi connectivity index (χ1) is 15.5. The number of aryl methyl sites for hydroxylation is 1. The van der Waals surface area contributed by atoms with Crippen LogP contribution in [-0.4, -0.2) is 25.5 Å². The van der Waals surface area contributed by atoms with Crippen molar-refractivity contribution in [1.29, 1.82) is 0 Å². The van der Waals surface area contributed by atoms with Gasteiger partial charge in [0, 0.05) is 17.0 Å². The minimum absolute atomic E-state index is 0.262. The number of hydrogen-bond donors (Lipinski definition) is 2. The van der Waals surface area contributed by atoms with Gasteiger partial charge in [0.1, 0.15) is 17.9 Å². The Hall–Kier alpha value is -4.26. The Balaban J connectivity index is 1.34. The van der Waals surface area contributed by atoms with E-state index in [1.54, 1.807) is 48.5 Å². The van der Waals surface area contributed by atoms with E-state index in [1.165, 1.54) is 4.90 Å². The van der Waals surface area contributed by atoms with E-state index in [9.17, 15) is 9.59 Å². The van der Waals surface area contributed by atoms with Crippen LogP contribution in [0.4, 0.5) is 17.3 Å². The molecule has 4 aromatic rings. The van der Waals surface area contributed by atoms with Crippen molar-refractivity contribution in [3.63, 3.8) is 0 Å². The van der Waals surface area contributed by atoms with Gasteiger partial charge >= 0.3 is 0 Å². The van der Waals surface area contributed by atoms with Crippen molar-refractivity contribution in [3.8, 4) is 5.75 Å². The van der Waals surface area contributed by atoms with Crippen molar-refractivity contribution in [2.45, 2.75) is 6.92 Å². The van der Waals surface area contributed by atoms with Crippen LogP contribution in [0.5, 0.6) is 5.75 Å². The molecule has 0 aliphatic heterocycles. The Morgan fingerprint density at radius 1 is 1.09 bits per heavy atom. The number of nitrogen functional groups attached to an aromatic ring is 1. The van der Waals surface area contributed by atoms with Crippen molar-refractivity contribution in [3.05, 3.63) is 83.9 Å². The maximum atomic E-state index is 12.4. The van der Waals surface area contributed by atoms with E-state index >= 15 is 0 Å². The summed E-state index contributed by atoms with van der Waals surface area (Å²) in [6, 6.07) is 21.5. The highest BCUT2D eigenvalue weighted by Crippen LogP contribution is 2.27. The fraction of sp³-hybridized carbons (Fsp3) is 0.120. The van der Waals surface area contributed by atoms with Gasteiger partial charge in [-0.05, 0) is 48.9 Å². The molecule has 3 N–H and O–H groups in total. The van der Waals surface area contributed by atoms with Crippen LogP contribution in [0.2, 0.25) is 0 Å². The summed E-state index contributed by atoms with van der Waals surface area (Å²) in [5.41, 5.74) is 9.18. The third kappa shape index (κ3) is 4.57. The number of fused-ring (bicyclic) bond motifs is 1. The molecule has 2 amide bonds. The maximum Gasteiger partial charge on any atom is 0.255 e. The molecule has 4 rings (SSSR count). The number of para-hydroxylation sites is 3. The third-order valence-corrected chi connectivity index (χ3v) is 5.06. The van der Waals surface area contributed by atoms with Crippen LogP contribution in [0.15, 0.2) is 77.2 Å². The van der Waals surface area contributed by atoms with Gasteiger partial charge in [0.25, 0.3) is 5.91 Å². The second-order valence-corrected chi connectivity index (χ2v) is 7.29. The van der Waals surface area contributed by atoms with Gasteiger partial charge < -0.3 is 20.2 Å². The number of rotatable bonds is 8. The second-order valence-electron chi connectivity index (χ2n) is 7.29. The SMILES string of the molecule is Cc1cccc2cc(N(C=O)CCOc3ccc(C(=O)Nc4ccccc4N)cc3)oc12. The predicted octanol–water partition coefficient (Wildman–Crippen LogP) is 4.62. The Labute approximate surface area is 185 Å². The van der Waals surface area contributed by atoms with Crippen molar-refractivity contribution >= 4 is 40.5 Å². The maximum absolute atomic E-state index is 12.4. The zero-order valence-corrected chi connectivity index (χ0v) is 17.6. The lowest BCUT2D eigenvalue weighted by molar-refractivity contribution is -0.107. The van der Waals surface area contributed by atoms with E-state index < -0.39 is 0 Å². The molecule has 7 nitrogen and oxygen atoms in total. The van der Waals surface area contributed by atoms with E-state index in [0.29, 0.717) is 35.1 Å². The highest BCUT2D eigenvalue weighted by atomic mass is 16.5. The summed E-state index contributed by atoms with van der Waals surface area (Å²) in [6.07, 6.45) is 0.721. The minimum atomic E-state index is -0.262. The van der Waals surface area contributed by atoms with Gasteiger partial charge in [-0.2, -0.15) is 0 Å². The standard InChI is InChI=1S/C25H23N3O4/c1-17-5-4-6-19-15-23(32-24(17)19)28(16-29)13-14-31-20-11-9-18(10-12-20)25(30)27-22-8-3-2-7-21(22)26/h2-12,15-16H,13-14,26H2,1H3,(H,27,30). The van der Waals surface area contributed by atoms with Crippen LogP contribution in [0.25, 0.3) is 11.0 Å². The van der Waals surface area contributed by atoms with Gasteiger partial charge in [-0.1, -0.05) is 30.3 Å².